The van der Waals surface area contributed by atoms with Crippen molar-refractivity contribution < 1.29 is 9.32 Å². The van der Waals surface area contributed by atoms with Crippen LogP contribution in [0, 0.1) is 5.92 Å². The van der Waals surface area contributed by atoms with Gasteiger partial charge in [0.2, 0.25) is 11.8 Å². The zero-order valence-corrected chi connectivity index (χ0v) is 16.8. The molecule has 3 aromatic heterocycles. The van der Waals surface area contributed by atoms with Gasteiger partial charge in [-0.05, 0) is 36.4 Å². The third-order valence-electron chi connectivity index (χ3n) is 5.13. The smallest absolute Gasteiger partial charge is 0.235 e. The Morgan fingerprint density at radius 1 is 1.25 bits per heavy atom. The molecule has 144 valence electrons. The fourth-order valence-electron chi connectivity index (χ4n) is 3.62. The number of thioether (sulfide) groups is 1. The lowest BCUT2D eigenvalue weighted by Gasteiger charge is -2.32. The molecule has 7 nitrogen and oxygen atoms in total. The van der Waals surface area contributed by atoms with Crippen molar-refractivity contribution >= 4 is 40.7 Å². The Balaban J connectivity index is 1.26. The van der Waals surface area contributed by atoms with Gasteiger partial charge in [0.1, 0.15) is 5.69 Å². The molecule has 1 amide bonds. The molecule has 5 heterocycles. The molecule has 9 heteroatoms. The number of hydrogen-bond donors (Lipinski definition) is 1. The van der Waals surface area contributed by atoms with Crippen LogP contribution < -0.4 is 10.2 Å². The first-order chi connectivity index (χ1) is 13.8. The van der Waals surface area contributed by atoms with Gasteiger partial charge in [-0.3, -0.25) is 10.1 Å². The maximum atomic E-state index is 12.8. The monoisotopic (exact) mass is 413 g/mol. The predicted octanol–water partition coefficient (Wildman–Crippen LogP) is 3.80. The van der Waals surface area contributed by atoms with Crippen molar-refractivity contribution in [1.82, 2.24) is 15.4 Å². The summed E-state index contributed by atoms with van der Waals surface area (Å²) in [5.41, 5.74) is 2.86. The molecule has 1 saturated heterocycles. The molecule has 3 aromatic rings. The fraction of sp³-hybridized carbons (Fsp3) is 0.368. The zero-order valence-electron chi connectivity index (χ0n) is 15.1. The molecule has 28 heavy (non-hydrogen) atoms. The van der Waals surface area contributed by atoms with Gasteiger partial charge in [-0.25, -0.2) is 0 Å². The molecule has 1 atom stereocenters. The van der Waals surface area contributed by atoms with E-state index in [9.17, 15) is 4.79 Å². The average molecular weight is 414 g/mol. The SMILES string of the molecule is O=C(Nc1onc2c1CSC2)C1CCCN(c2ccc(-c3cccs3)nn2)C1. The maximum absolute atomic E-state index is 12.8. The molecule has 2 aliphatic rings. The van der Waals surface area contributed by atoms with E-state index in [-0.39, 0.29) is 11.8 Å². The summed E-state index contributed by atoms with van der Waals surface area (Å²) in [6, 6.07) is 8.02. The zero-order chi connectivity index (χ0) is 18.9. The van der Waals surface area contributed by atoms with E-state index in [4.69, 9.17) is 4.52 Å². The quantitative estimate of drug-likeness (QED) is 0.696. The van der Waals surface area contributed by atoms with Crippen molar-refractivity contribution in [2.24, 2.45) is 5.92 Å². The van der Waals surface area contributed by atoms with Crippen molar-refractivity contribution in [3.8, 4) is 10.6 Å². The van der Waals surface area contributed by atoms with Crippen LogP contribution in [-0.2, 0) is 16.3 Å². The number of rotatable bonds is 4. The number of thiophene rings is 1. The summed E-state index contributed by atoms with van der Waals surface area (Å²) >= 11 is 3.43. The van der Waals surface area contributed by atoms with Gasteiger partial charge < -0.3 is 9.42 Å². The van der Waals surface area contributed by atoms with Crippen LogP contribution in [0.1, 0.15) is 24.1 Å². The molecule has 0 saturated carbocycles. The molecule has 0 aliphatic carbocycles. The van der Waals surface area contributed by atoms with Crippen molar-refractivity contribution in [2.75, 3.05) is 23.3 Å². The number of piperidine rings is 1. The second-order valence-electron chi connectivity index (χ2n) is 6.96. The summed E-state index contributed by atoms with van der Waals surface area (Å²) in [5.74, 6) is 2.91. The van der Waals surface area contributed by atoms with Gasteiger partial charge in [-0.15, -0.1) is 21.5 Å². The summed E-state index contributed by atoms with van der Waals surface area (Å²) in [6.07, 6.45) is 1.80. The molecule has 1 N–H and O–H groups in total. The number of aromatic nitrogens is 3. The Labute approximate surface area is 170 Å². The Bertz CT molecular complexity index is 971. The number of hydrogen-bond acceptors (Lipinski definition) is 8. The van der Waals surface area contributed by atoms with E-state index in [2.05, 4.69) is 25.6 Å². The van der Waals surface area contributed by atoms with Gasteiger partial charge in [0.05, 0.1) is 22.1 Å². The van der Waals surface area contributed by atoms with E-state index in [0.717, 1.165) is 58.5 Å². The van der Waals surface area contributed by atoms with Crippen LogP contribution in [0.5, 0.6) is 0 Å². The largest absolute Gasteiger partial charge is 0.354 e. The highest BCUT2D eigenvalue weighted by molar-refractivity contribution is 7.98. The van der Waals surface area contributed by atoms with Gasteiger partial charge in [0.25, 0.3) is 0 Å². The number of carbonyl (C=O) groups is 1. The highest BCUT2D eigenvalue weighted by atomic mass is 32.2. The van der Waals surface area contributed by atoms with Crippen molar-refractivity contribution in [1.29, 1.82) is 0 Å². The maximum Gasteiger partial charge on any atom is 0.235 e. The van der Waals surface area contributed by atoms with Crippen LogP contribution >= 0.6 is 23.1 Å². The Morgan fingerprint density at radius 3 is 3.04 bits per heavy atom. The van der Waals surface area contributed by atoms with Gasteiger partial charge in [0.15, 0.2) is 5.82 Å². The first kappa shape index (κ1) is 17.7. The van der Waals surface area contributed by atoms with Crippen LogP contribution in [0.2, 0.25) is 0 Å². The van der Waals surface area contributed by atoms with Gasteiger partial charge >= 0.3 is 0 Å². The minimum atomic E-state index is -0.109. The minimum absolute atomic E-state index is 0.0104. The van der Waals surface area contributed by atoms with Crippen molar-refractivity contribution in [2.45, 2.75) is 24.3 Å². The molecule has 0 radical (unpaired) electrons. The molecule has 1 unspecified atom stereocenters. The van der Waals surface area contributed by atoms with E-state index in [1.165, 1.54) is 0 Å². The summed E-state index contributed by atoms with van der Waals surface area (Å²) in [6.45, 7) is 1.51. The second kappa shape index (κ2) is 7.56. The van der Waals surface area contributed by atoms with Crippen LogP contribution in [0.3, 0.4) is 0 Å². The number of nitrogens with one attached hydrogen (secondary N) is 1. The van der Waals surface area contributed by atoms with Crippen LogP contribution in [-0.4, -0.2) is 34.4 Å². The number of fused-ring (bicyclic) bond motifs is 1. The third-order valence-corrected chi connectivity index (χ3v) is 6.99. The lowest BCUT2D eigenvalue weighted by Crippen LogP contribution is -2.41. The van der Waals surface area contributed by atoms with E-state index in [1.807, 2.05) is 29.6 Å². The Kier molecular flexibility index (Phi) is 4.77. The predicted molar refractivity (Wildman–Crippen MR) is 110 cm³/mol. The molecular weight excluding hydrogens is 394 g/mol. The first-order valence-electron chi connectivity index (χ1n) is 9.26. The molecule has 1 fully saturated rings. The van der Waals surface area contributed by atoms with Crippen molar-refractivity contribution in [3.63, 3.8) is 0 Å². The molecule has 0 aromatic carbocycles. The fourth-order valence-corrected chi connectivity index (χ4v) is 5.33. The molecular formula is C19H19N5O2S2. The number of nitrogens with zero attached hydrogens (tertiary/aromatic N) is 4. The summed E-state index contributed by atoms with van der Waals surface area (Å²) in [5, 5.41) is 17.8. The molecule has 0 spiro atoms. The molecule has 5 rings (SSSR count). The van der Waals surface area contributed by atoms with Crippen molar-refractivity contribution in [3.05, 3.63) is 40.9 Å². The minimum Gasteiger partial charge on any atom is -0.354 e. The highest BCUT2D eigenvalue weighted by Crippen LogP contribution is 2.35. The Morgan fingerprint density at radius 2 is 2.21 bits per heavy atom. The third kappa shape index (κ3) is 3.40. The van der Waals surface area contributed by atoms with Crippen LogP contribution in [0.15, 0.2) is 34.2 Å². The van der Waals surface area contributed by atoms with E-state index < -0.39 is 0 Å². The van der Waals surface area contributed by atoms with Crippen LogP contribution in [0.25, 0.3) is 10.6 Å². The van der Waals surface area contributed by atoms with Gasteiger partial charge in [-0.1, -0.05) is 11.2 Å². The summed E-state index contributed by atoms with van der Waals surface area (Å²) in [7, 11) is 0. The lowest BCUT2D eigenvalue weighted by atomic mass is 9.97. The van der Waals surface area contributed by atoms with Crippen LogP contribution in [0.4, 0.5) is 11.7 Å². The molecule has 2 aliphatic heterocycles. The summed E-state index contributed by atoms with van der Waals surface area (Å²) in [4.78, 5) is 16.0. The number of carbonyl (C=O) groups excluding carboxylic acids is 1. The topological polar surface area (TPSA) is 84.2 Å². The second-order valence-corrected chi connectivity index (χ2v) is 8.89. The normalized spacial score (nSPS) is 18.9. The highest BCUT2D eigenvalue weighted by Gasteiger charge is 2.29. The average Bonchev–Trinajstić information content (AvgIpc) is 3.48. The van der Waals surface area contributed by atoms with Gasteiger partial charge in [-0.2, -0.15) is 11.8 Å². The lowest BCUT2D eigenvalue weighted by molar-refractivity contribution is -0.120. The first-order valence-corrected chi connectivity index (χ1v) is 11.3. The molecule has 0 bridgehead atoms. The Hall–Kier alpha value is -2.39. The van der Waals surface area contributed by atoms with E-state index in [1.54, 1.807) is 23.1 Å². The van der Waals surface area contributed by atoms with Gasteiger partial charge in [0, 0.05) is 24.6 Å². The number of anilines is 2. The van der Waals surface area contributed by atoms with E-state index in [0.29, 0.717) is 12.4 Å². The standard InChI is InChI=1S/C19H19N5O2S2/c25-18(20-19-13-10-27-11-15(13)23-26-19)12-3-1-7-24(9-12)17-6-5-14(21-22-17)16-4-2-8-28-16/h2,4-6,8,12H,1,3,7,9-11H2,(H,20,25). The van der Waals surface area contributed by atoms with E-state index >= 15 is 0 Å². The summed E-state index contributed by atoms with van der Waals surface area (Å²) < 4.78 is 5.33. The number of amides is 1.